The minimum Gasteiger partial charge on any atom is -0.494 e. The van der Waals surface area contributed by atoms with Crippen LogP contribution in [0.2, 0.25) is 0 Å². The fraction of sp³-hybridized carbons (Fsp3) is 0.571. The number of esters is 1. The van der Waals surface area contributed by atoms with Gasteiger partial charge in [-0.05, 0) is 62.8 Å². The molecule has 2 amide bonds. The summed E-state index contributed by atoms with van der Waals surface area (Å²) in [6.07, 6.45) is 4.18. The van der Waals surface area contributed by atoms with Gasteiger partial charge in [0, 0.05) is 18.7 Å². The third-order valence-corrected chi connectivity index (χ3v) is 5.10. The van der Waals surface area contributed by atoms with E-state index in [1.807, 2.05) is 6.92 Å². The summed E-state index contributed by atoms with van der Waals surface area (Å²) >= 11 is 0. The van der Waals surface area contributed by atoms with Crippen LogP contribution in [0.3, 0.4) is 0 Å². The van der Waals surface area contributed by atoms with Gasteiger partial charge in [0.25, 0.3) is 11.8 Å². The summed E-state index contributed by atoms with van der Waals surface area (Å²) in [7, 11) is 1.75. The number of amides is 2. The average Bonchev–Trinajstić information content (AvgIpc) is 2.71. The summed E-state index contributed by atoms with van der Waals surface area (Å²) in [5, 5.41) is 2.49. The first kappa shape index (κ1) is 21.7. The molecule has 154 valence electrons. The first-order valence-corrected chi connectivity index (χ1v) is 9.83. The Kier molecular flexibility index (Phi) is 8.29. The highest BCUT2D eigenvalue weighted by molar-refractivity contribution is 5.96. The van der Waals surface area contributed by atoms with Crippen molar-refractivity contribution < 1.29 is 23.9 Å². The summed E-state index contributed by atoms with van der Waals surface area (Å²) in [4.78, 5) is 37.8. The molecule has 0 radical (unpaired) electrons. The van der Waals surface area contributed by atoms with Crippen molar-refractivity contribution >= 4 is 17.8 Å². The molecule has 0 bridgehead atoms. The predicted molar refractivity (Wildman–Crippen MR) is 105 cm³/mol. The molecule has 0 spiro atoms. The highest BCUT2D eigenvalue weighted by atomic mass is 16.5. The van der Waals surface area contributed by atoms with Crippen molar-refractivity contribution in [2.75, 3.05) is 26.8 Å². The SMILES string of the molecule is CCOc1ccc(C(=O)NCC(=O)OCC(=O)N(C)C2CCC(C)CC2)cc1. The van der Waals surface area contributed by atoms with Crippen molar-refractivity contribution in [2.24, 2.45) is 5.92 Å². The molecule has 7 nitrogen and oxygen atoms in total. The van der Waals surface area contributed by atoms with Crippen molar-refractivity contribution in [3.05, 3.63) is 29.8 Å². The Labute approximate surface area is 166 Å². The van der Waals surface area contributed by atoms with Crippen LogP contribution in [0.1, 0.15) is 49.9 Å². The lowest BCUT2D eigenvalue weighted by Gasteiger charge is -2.33. The third-order valence-electron chi connectivity index (χ3n) is 5.10. The zero-order chi connectivity index (χ0) is 20.5. The molecule has 1 aromatic carbocycles. The lowest BCUT2D eigenvalue weighted by atomic mass is 9.87. The van der Waals surface area contributed by atoms with Gasteiger partial charge in [0.1, 0.15) is 12.3 Å². The van der Waals surface area contributed by atoms with Gasteiger partial charge >= 0.3 is 5.97 Å². The minimum absolute atomic E-state index is 0.210. The fourth-order valence-electron chi connectivity index (χ4n) is 3.25. The minimum atomic E-state index is -0.640. The monoisotopic (exact) mass is 390 g/mol. The van der Waals surface area contributed by atoms with Gasteiger partial charge < -0.3 is 19.7 Å². The van der Waals surface area contributed by atoms with E-state index in [0.29, 0.717) is 23.8 Å². The Hall–Kier alpha value is -2.57. The number of carbonyl (C=O) groups is 3. The Balaban J connectivity index is 1.70. The van der Waals surface area contributed by atoms with Gasteiger partial charge in [-0.25, -0.2) is 0 Å². The van der Waals surface area contributed by atoms with Crippen molar-refractivity contribution in [2.45, 2.75) is 45.6 Å². The van der Waals surface area contributed by atoms with Crippen LogP contribution >= 0.6 is 0 Å². The molecule has 0 unspecified atom stereocenters. The van der Waals surface area contributed by atoms with Crippen LogP contribution in [-0.4, -0.2) is 55.5 Å². The zero-order valence-electron chi connectivity index (χ0n) is 16.9. The van der Waals surface area contributed by atoms with Gasteiger partial charge in [-0.3, -0.25) is 14.4 Å². The van der Waals surface area contributed by atoms with E-state index in [1.54, 1.807) is 36.2 Å². The van der Waals surface area contributed by atoms with E-state index >= 15 is 0 Å². The van der Waals surface area contributed by atoms with Crippen molar-refractivity contribution in [1.82, 2.24) is 10.2 Å². The van der Waals surface area contributed by atoms with E-state index in [-0.39, 0.29) is 31.0 Å². The molecular formula is C21H30N2O5. The quantitative estimate of drug-likeness (QED) is 0.689. The topological polar surface area (TPSA) is 84.9 Å². The first-order valence-electron chi connectivity index (χ1n) is 9.83. The summed E-state index contributed by atoms with van der Waals surface area (Å²) in [6.45, 7) is 4.06. The lowest BCUT2D eigenvalue weighted by Crippen LogP contribution is -2.42. The lowest BCUT2D eigenvalue weighted by molar-refractivity contribution is -0.151. The molecule has 1 aliphatic rings. The van der Waals surface area contributed by atoms with Gasteiger partial charge in [-0.1, -0.05) is 6.92 Å². The number of ether oxygens (including phenoxy) is 2. The molecule has 1 N–H and O–H groups in total. The number of benzene rings is 1. The van der Waals surface area contributed by atoms with E-state index < -0.39 is 5.97 Å². The average molecular weight is 390 g/mol. The number of hydrogen-bond donors (Lipinski definition) is 1. The highest BCUT2D eigenvalue weighted by Gasteiger charge is 2.25. The molecule has 1 saturated carbocycles. The van der Waals surface area contributed by atoms with Crippen LogP contribution in [0.15, 0.2) is 24.3 Å². The smallest absolute Gasteiger partial charge is 0.325 e. The van der Waals surface area contributed by atoms with E-state index in [2.05, 4.69) is 12.2 Å². The molecule has 0 heterocycles. The summed E-state index contributed by atoms with van der Waals surface area (Å²) < 4.78 is 10.3. The van der Waals surface area contributed by atoms with Gasteiger partial charge in [0.05, 0.1) is 6.61 Å². The molecule has 7 heteroatoms. The normalized spacial score (nSPS) is 18.8. The van der Waals surface area contributed by atoms with Gasteiger partial charge in [0.15, 0.2) is 6.61 Å². The third kappa shape index (κ3) is 6.55. The molecule has 28 heavy (non-hydrogen) atoms. The Morgan fingerprint density at radius 3 is 2.36 bits per heavy atom. The largest absolute Gasteiger partial charge is 0.494 e. The summed E-state index contributed by atoms with van der Waals surface area (Å²) in [5.74, 6) is 0.133. The first-order chi connectivity index (χ1) is 13.4. The molecule has 1 fully saturated rings. The van der Waals surface area contributed by atoms with Crippen LogP contribution in [-0.2, 0) is 14.3 Å². The van der Waals surface area contributed by atoms with Gasteiger partial charge in [-0.2, -0.15) is 0 Å². The van der Waals surface area contributed by atoms with Crippen LogP contribution in [0.25, 0.3) is 0 Å². The maximum absolute atomic E-state index is 12.2. The van der Waals surface area contributed by atoms with Crippen LogP contribution in [0.4, 0.5) is 0 Å². The number of nitrogens with one attached hydrogen (secondary N) is 1. The van der Waals surface area contributed by atoms with Crippen LogP contribution in [0, 0.1) is 5.92 Å². The van der Waals surface area contributed by atoms with Gasteiger partial charge in [-0.15, -0.1) is 0 Å². The molecule has 0 aliphatic heterocycles. The van der Waals surface area contributed by atoms with Crippen molar-refractivity contribution in [3.8, 4) is 5.75 Å². The molecule has 0 atom stereocenters. The molecule has 0 saturated heterocycles. The van der Waals surface area contributed by atoms with E-state index in [0.717, 1.165) is 25.7 Å². The number of nitrogens with zero attached hydrogens (tertiary/aromatic N) is 1. The van der Waals surface area contributed by atoms with E-state index in [4.69, 9.17) is 9.47 Å². The second-order valence-corrected chi connectivity index (χ2v) is 7.22. The van der Waals surface area contributed by atoms with Crippen molar-refractivity contribution in [3.63, 3.8) is 0 Å². The second kappa shape index (κ2) is 10.7. The number of likely N-dealkylation sites (N-methyl/N-ethyl adjacent to an activating group) is 1. The fourth-order valence-corrected chi connectivity index (χ4v) is 3.25. The molecule has 1 aliphatic carbocycles. The standard InChI is InChI=1S/C21H30N2O5/c1-4-27-18-11-7-16(8-12-18)21(26)22-13-20(25)28-14-19(24)23(3)17-9-5-15(2)6-10-17/h7-8,11-12,15,17H,4-6,9-10,13-14H2,1-3H3,(H,22,26). The number of rotatable bonds is 8. The summed E-state index contributed by atoms with van der Waals surface area (Å²) in [6, 6.07) is 6.83. The predicted octanol–water partition coefficient (Wildman–Crippen LogP) is 2.40. The molecular weight excluding hydrogens is 360 g/mol. The maximum atomic E-state index is 12.2. The van der Waals surface area contributed by atoms with Crippen molar-refractivity contribution in [1.29, 1.82) is 0 Å². The van der Waals surface area contributed by atoms with E-state index in [9.17, 15) is 14.4 Å². The maximum Gasteiger partial charge on any atom is 0.325 e. The molecule has 2 rings (SSSR count). The van der Waals surface area contributed by atoms with Gasteiger partial charge in [0.2, 0.25) is 0 Å². The Bertz CT molecular complexity index is 666. The second-order valence-electron chi connectivity index (χ2n) is 7.22. The number of hydrogen-bond acceptors (Lipinski definition) is 5. The Morgan fingerprint density at radius 1 is 1.11 bits per heavy atom. The Morgan fingerprint density at radius 2 is 1.75 bits per heavy atom. The van der Waals surface area contributed by atoms with Crippen LogP contribution < -0.4 is 10.1 Å². The van der Waals surface area contributed by atoms with Crippen LogP contribution in [0.5, 0.6) is 5.75 Å². The van der Waals surface area contributed by atoms with E-state index in [1.165, 1.54) is 0 Å². The number of carbonyl (C=O) groups excluding carboxylic acids is 3. The zero-order valence-corrected chi connectivity index (χ0v) is 16.9. The summed E-state index contributed by atoms with van der Waals surface area (Å²) in [5.41, 5.74) is 0.415. The highest BCUT2D eigenvalue weighted by Crippen LogP contribution is 2.26. The molecule has 1 aromatic rings. The molecule has 0 aromatic heterocycles.